The second-order valence-corrected chi connectivity index (χ2v) is 7.58. The number of hydrogen-bond donors (Lipinski definition) is 0. The Hall–Kier alpha value is -3.04. The van der Waals surface area contributed by atoms with Crippen LogP contribution in [0.4, 0.5) is 0 Å². The van der Waals surface area contributed by atoms with Gasteiger partial charge in [-0.1, -0.05) is 47.3 Å². The minimum Gasteiger partial charge on any atom is -0.383 e. The van der Waals surface area contributed by atoms with Crippen molar-refractivity contribution in [2.24, 2.45) is 0 Å². The second kappa shape index (κ2) is 8.97. The minimum absolute atomic E-state index is 0.0873. The maximum Gasteiger partial charge on any atom is 0.240 e. The normalized spacial score (nSPS) is 12.2. The topological polar surface area (TPSA) is 91.8 Å². The van der Waals surface area contributed by atoms with Gasteiger partial charge in [-0.05, 0) is 19.1 Å². The first-order chi connectivity index (χ1) is 14.3. The summed E-state index contributed by atoms with van der Waals surface area (Å²) in [6, 6.07) is 13.6. The molecule has 3 aromatic heterocycles. The van der Waals surface area contributed by atoms with Gasteiger partial charge < -0.3 is 9.26 Å². The first-order valence-electron chi connectivity index (χ1n) is 9.14. The summed E-state index contributed by atoms with van der Waals surface area (Å²) in [6.07, 6.45) is 3.48. The van der Waals surface area contributed by atoms with Crippen LogP contribution in [0.1, 0.15) is 18.1 Å². The predicted molar refractivity (Wildman–Crippen MR) is 109 cm³/mol. The number of nitrogens with zero attached hydrogens (tertiary/aromatic N) is 6. The van der Waals surface area contributed by atoms with E-state index in [-0.39, 0.29) is 5.25 Å². The van der Waals surface area contributed by atoms with Crippen molar-refractivity contribution >= 4 is 11.8 Å². The highest BCUT2D eigenvalue weighted by molar-refractivity contribution is 7.99. The van der Waals surface area contributed by atoms with E-state index < -0.39 is 0 Å². The molecule has 0 aliphatic heterocycles. The molecule has 1 atom stereocenters. The summed E-state index contributed by atoms with van der Waals surface area (Å²) in [5, 5.41) is 13.5. The van der Waals surface area contributed by atoms with E-state index in [0.29, 0.717) is 24.9 Å². The van der Waals surface area contributed by atoms with Crippen molar-refractivity contribution < 1.29 is 9.26 Å². The minimum atomic E-state index is -0.0873. The third-order valence-electron chi connectivity index (χ3n) is 4.28. The molecule has 0 spiro atoms. The van der Waals surface area contributed by atoms with Gasteiger partial charge in [0, 0.05) is 30.6 Å². The molecule has 1 unspecified atom stereocenters. The van der Waals surface area contributed by atoms with Crippen molar-refractivity contribution in [3.63, 3.8) is 0 Å². The number of hydrogen-bond acceptors (Lipinski definition) is 8. The van der Waals surface area contributed by atoms with Gasteiger partial charge >= 0.3 is 0 Å². The molecule has 4 rings (SSSR count). The van der Waals surface area contributed by atoms with Crippen LogP contribution >= 0.6 is 11.8 Å². The van der Waals surface area contributed by atoms with Crippen LogP contribution in [0.5, 0.6) is 0 Å². The summed E-state index contributed by atoms with van der Waals surface area (Å²) < 4.78 is 12.8. The highest BCUT2D eigenvalue weighted by atomic mass is 32.2. The third-order valence-corrected chi connectivity index (χ3v) is 5.35. The fraction of sp³-hybridized carbons (Fsp3) is 0.250. The van der Waals surface area contributed by atoms with Gasteiger partial charge in [0.2, 0.25) is 11.7 Å². The molecule has 0 radical (unpaired) electrons. The van der Waals surface area contributed by atoms with Gasteiger partial charge in [-0.2, -0.15) is 4.98 Å². The molecule has 0 N–H and O–H groups in total. The van der Waals surface area contributed by atoms with E-state index in [1.165, 1.54) is 11.8 Å². The Kier molecular flexibility index (Phi) is 5.97. The molecule has 4 aromatic rings. The van der Waals surface area contributed by atoms with Gasteiger partial charge in [0.1, 0.15) is 0 Å². The van der Waals surface area contributed by atoms with E-state index >= 15 is 0 Å². The van der Waals surface area contributed by atoms with Gasteiger partial charge in [-0.3, -0.25) is 9.55 Å². The van der Waals surface area contributed by atoms with Crippen molar-refractivity contribution in [3.8, 4) is 22.8 Å². The summed E-state index contributed by atoms with van der Waals surface area (Å²) in [5.41, 5.74) is 1.87. The van der Waals surface area contributed by atoms with E-state index in [2.05, 4.69) is 25.3 Å². The predicted octanol–water partition coefficient (Wildman–Crippen LogP) is 3.89. The van der Waals surface area contributed by atoms with E-state index in [1.54, 1.807) is 19.5 Å². The number of ether oxygens (including phenoxy) is 1. The Morgan fingerprint density at radius 1 is 1.07 bits per heavy atom. The van der Waals surface area contributed by atoms with E-state index in [9.17, 15) is 0 Å². The van der Waals surface area contributed by atoms with Crippen LogP contribution in [0.15, 0.2) is 64.5 Å². The van der Waals surface area contributed by atoms with Crippen molar-refractivity contribution in [1.29, 1.82) is 0 Å². The highest BCUT2D eigenvalue weighted by Gasteiger charge is 2.21. The quantitative estimate of drug-likeness (QED) is 0.406. The fourth-order valence-electron chi connectivity index (χ4n) is 2.79. The van der Waals surface area contributed by atoms with Crippen molar-refractivity contribution in [3.05, 3.63) is 60.7 Å². The van der Waals surface area contributed by atoms with Crippen molar-refractivity contribution in [1.82, 2.24) is 29.9 Å². The Bertz CT molecular complexity index is 1050. The van der Waals surface area contributed by atoms with Crippen LogP contribution in [0.25, 0.3) is 22.8 Å². The molecular weight excluding hydrogens is 388 g/mol. The van der Waals surface area contributed by atoms with Crippen LogP contribution in [-0.2, 0) is 11.3 Å². The molecule has 9 heteroatoms. The summed E-state index contributed by atoms with van der Waals surface area (Å²) in [5.74, 6) is 1.89. The van der Waals surface area contributed by atoms with Gasteiger partial charge in [0.05, 0.1) is 18.4 Å². The summed E-state index contributed by atoms with van der Waals surface area (Å²) >= 11 is 1.52. The number of thioether (sulfide) groups is 1. The standard InChI is InChI=1S/C20H20N6O2S/c1-14(19-22-17(25-28-19)15-6-4-3-5-7-15)29-20-24-23-18(26(20)12-13-27-2)16-8-10-21-11-9-16/h3-11,14H,12-13H2,1-2H3. The highest BCUT2D eigenvalue weighted by Crippen LogP contribution is 2.35. The molecule has 0 saturated carbocycles. The maximum absolute atomic E-state index is 5.49. The Morgan fingerprint density at radius 3 is 2.62 bits per heavy atom. The summed E-state index contributed by atoms with van der Waals surface area (Å²) in [4.78, 5) is 8.61. The zero-order valence-electron chi connectivity index (χ0n) is 16.1. The molecule has 0 saturated heterocycles. The van der Waals surface area contributed by atoms with Crippen LogP contribution < -0.4 is 0 Å². The number of pyridine rings is 1. The molecular formula is C20H20N6O2S. The van der Waals surface area contributed by atoms with Crippen LogP contribution in [0.3, 0.4) is 0 Å². The average molecular weight is 408 g/mol. The number of methoxy groups -OCH3 is 1. The molecule has 3 heterocycles. The number of rotatable bonds is 8. The van der Waals surface area contributed by atoms with E-state index in [1.807, 2.05) is 54.0 Å². The zero-order chi connectivity index (χ0) is 20.1. The molecule has 148 valence electrons. The molecule has 8 nitrogen and oxygen atoms in total. The average Bonchev–Trinajstić information content (AvgIpc) is 3.41. The summed E-state index contributed by atoms with van der Waals surface area (Å²) in [7, 11) is 1.68. The molecule has 0 fully saturated rings. The largest absolute Gasteiger partial charge is 0.383 e. The van der Waals surface area contributed by atoms with Gasteiger partial charge in [-0.25, -0.2) is 0 Å². The SMILES string of the molecule is COCCn1c(SC(C)c2nc(-c3ccccc3)no2)nnc1-c1ccncc1. The zero-order valence-corrected chi connectivity index (χ0v) is 16.9. The second-order valence-electron chi connectivity index (χ2n) is 6.27. The lowest BCUT2D eigenvalue weighted by Gasteiger charge is -2.11. The van der Waals surface area contributed by atoms with E-state index in [4.69, 9.17) is 9.26 Å². The van der Waals surface area contributed by atoms with Crippen molar-refractivity contribution in [2.45, 2.75) is 23.9 Å². The van der Waals surface area contributed by atoms with E-state index in [0.717, 1.165) is 22.1 Å². The third kappa shape index (κ3) is 4.36. The molecule has 29 heavy (non-hydrogen) atoms. The first-order valence-corrected chi connectivity index (χ1v) is 10.0. The van der Waals surface area contributed by atoms with Gasteiger partial charge in [-0.15, -0.1) is 10.2 Å². The first kappa shape index (κ1) is 19.3. The Balaban J connectivity index is 1.57. The lowest BCUT2D eigenvalue weighted by Crippen LogP contribution is -2.08. The Morgan fingerprint density at radius 2 is 1.86 bits per heavy atom. The van der Waals surface area contributed by atoms with Crippen LogP contribution in [-0.4, -0.2) is 43.6 Å². The molecule has 0 bridgehead atoms. The molecule has 0 aliphatic rings. The maximum atomic E-state index is 5.49. The van der Waals surface area contributed by atoms with Gasteiger partial charge in [0.15, 0.2) is 11.0 Å². The smallest absolute Gasteiger partial charge is 0.240 e. The number of benzene rings is 1. The van der Waals surface area contributed by atoms with Crippen molar-refractivity contribution in [2.75, 3.05) is 13.7 Å². The molecule has 1 aromatic carbocycles. The summed E-state index contributed by atoms with van der Waals surface area (Å²) in [6.45, 7) is 3.19. The fourth-order valence-corrected chi connectivity index (χ4v) is 3.69. The Labute approximate surface area is 172 Å². The van der Waals surface area contributed by atoms with Crippen LogP contribution in [0.2, 0.25) is 0 Å². The lowest BCUT2D eigenvalue weighted by molar-refractivity contribution is 0.185. The number of aromatic nitrogens is 6. The lowest BCUT2D eigenvalue weighted by atomic mass is 10.2. The monoisotopic (exact) mass is 408 g/mol. The molecule has 0 aliphatic carbocycles. The van der Waals surface area contributed by atoms with Crippen LogP contribution in [0, 0.1) is 0 Å². The van der Waals surface area contributed by atoms with Gasteiger partial charge in [0.25, 0.3) is 0 Å². The molecule has 0 amide bonds.